The molecule has 8 heteroatoms. The number of oxazole rings is 1. The van der Waals surface area contributed by atoms with Gasteiger partial charge in [0.05, 0.1) is 12.2 Å². The smallest absolute Gasteiger partial charge is 0.241 e. The maximum Gasteiger partial charge on any atom is 0.241 e. The van der Waals surface area contributed by atoms with Crippen LogP contribution in [0.25, 0.3) is 0 Å². The summed E-state index contributed by atoms with van der Waals surface area (Å²) in [5.41, 5.74) is 7.85. The quantitative estimate of drug-likeness (QED) is 0.737. The summed E-state index contributed by atoms with van der Waals surface area (Å²) < 4.78 is 5.67. The zero-order valence-electron chi connectivity index (χ0n) is 16.4. The van der Waals surface area contributed by atoms with Crippen molar-refractivity contribution in [1.29, 1.82) is 0 Å². The zero-order valence-corrected chi connectivity index (χ0v) is 18.0. The van der Waals surface area contributed by atoms with E-state index in [1.165, 1.54) is 0 Å². The van der Waals surface area contributed by atoms with Gasteiger partial charge in [0.15, 0.2) is 0 Å². The molecule has 1 amide bonds. The van der Waals surface area contributed by atoms with E-state index in [1.54, 1.807) is 0 Å². The fraction of sp³-hybridized carbons (Fsp3) is 0.500. The van der Waals surface area contributed by atoms with Gasteiger partial charge in [0.1, 0.15) is 11.8 Å². The molecule has 0 bridgehead atoms. The van der Waals surface area contributed by atoms with E-state index in [-0.39, 0.29) is 30.7 Å². The van der Waals surface area contributed by atoms with Crippen molar-refractivity contribution < 1.29 is 9.21 Å². The Morgan fingerprint density at radius 1 is 1.25 bits per heavy atom. The Labute approximate surface area is 179 Å². The molecule has 2 aromatic rings. The Balaban J connectivity index is 0.00000196. The molecule has 156 valence electrons. The Bertz CT molecular complexity index is 712. The number of likely N-dealkylation sites (tertiary alicyclic amines) is 1. The predicted molar refractivity (Wildman–Crippen MR) is 115 cm³/mol. The SMILES string of the molecule is Cc1nc(CN2CCC(CNC(=O)C(N)c3ccccc3)CC2)oc1C.Cl.Cl. The van der Waals surface area contributed by atoms with Crippen LogP contribution in [0.2, 0.25) is 0 Å². The highest BCUT2D eigenvalue weighted by molar-refractivity contribution is 5.85. The molecular weight excluding hydrogens is 399 g/mol. The summed E-state index contributed by atoms with van der Waals surface area (Å²) in [4.78, 5) is 19.1. The topological polar surface area (TPSA) is 84.4 Å². The van der Waals surface area contributed by atoms with Crippen LogP contribution < -0.4 is 11.1 Å². The van der Waals surface area contributed by atoms with Crippen molar-refractivity contribution in [3.8, 4) is 0 Å². The summed E-state index contributed by atoms with van der Waals surface area (Å²) in [7, 11) is 0. The van der Waals surface area contributed by atoms with Crippen LogP contribution in [0.15, 0.2) is 34.7 Å². The molecule has 2 heterocycles. The Morgan fingerprint density at radius 2 is 1.89 bits per heavy atom. The molecule has 1 atom stereocenters. The lowest BCUT2D eigenvalue weighted by molar-refractivity contribution is -0.122. The van der Waals surface area contributed by atoms with Crippen LogP contribution in [0.3, 0.4) is 0 Å². The van der Waals surface area contributed by atoms with Crippen molar-refractivity contribution >= 4 is 30.7 Å². The molecule has 1 fully saturated rings. The second-order valence-electron chi connectivity index (χ2n) is 7.10. The number of nitrogens with two attached hydrogens (primary N) is 1. The zero-order chi connectivity index (χ0) is 18.5. The maximum atomic E-state index is 12.3. The lowest BCUT2D eigenvalue weighted by Gasteiger charge is -2.31. The van der Waals surface area contributed by atoms with Gasteiger partial charge in [0.2, 0.25) is 11.8 Å². The first-order valence-electron chi connectivity index (χ1n) is 9.26. The molecule has 0 aliphatic carbocycles. The summed E-state index contributed by atoms with van der Waals surface area (Å²) in [6, 6.07) is 8.88. The molecule has 3 rings (SSSR count). The van der Waals surface area contributed by atoms with Gasteiger partial charge in [0, 0.05) is 6.54 Å². The van der Waals surface area contributed by atoms with Crippen LogP contribution in [0, 0.1) is 19.8 Å². The Morgan fingerprint density at radius 3 is 2.46 bits per heavy atom. The van der Waals surface area contributed by atoms with Crippen LogP contribution in [0.5, 0.6) is 0 Å². The summed E-state index contributed by atoms with van der Waals surface area (Å²) in [5.74, 6) is 2.07. The van der Waals surface area contributed by atoms with Crippen LogP contribution in [-0.4, -0.2) is 35.4 Å². The van der Waals surface area contributed by atoms with Gasteiger partial charge in [-0.3, -0.25) is 9.69 Å². The van der Waals surface area contributed by atoms with E-state index in [4.69, 9.17) is 10.2 Å². The average molecular weight is 429 g/mol. The number of hydrogen-bond acceptors (Lipinski definition) is 5. The largest absolute Gasteiger partial charge is 0.444 e. The molecule has 0 radical (unpaired) electrons. The third-order valence-electron chi connectivity index (χ3n) is 5.14. The molecule has 6 nitrogen and oxygen atoms in total. The number of benzene rings is 1. The fourth-order valence-corrected chi connectivity index (χ4v) is 3.31. The second-order valence-corrected chi connectivity index (χ2v) is 7.10. The molecule has 0 saturated carbocycles. The molecule has 28 heavy (non-hydrogen) atoms. The number of halogens is 2. The molecule has 1 saturated heterocycles. The number of piperidine rings is 1. The molecule has 1 aliphatic rings. The van der Waals surface area contributed by atoms with Crippen LogP contribution in [0.1, 0.15) is 41.8 Å². The molecule has 1 aromatic heterocycles. The minimum atomic E-state index is -0.604. The number of hydrogen-bond donors (Lipinski definition) is 2. The van der Waals surface area contributed by atoms with Gasteiger partial charge in [-0.15, -0.1) is 24.8 Å². The summed E-state index contributed by atoms with van der Waals surface area (Å²) in [5, 5.41) is 3.01. The number of amides is 1. The van der Waals surface area contributed by atoms with E-state index in [0.29, 0.717) is 12.5 Å². The van der Waals surface area contributed by atoms with Crippen molar-refractivity contribution in [3.05, 3.63) is 53.2 Å². The molecular formula is C20H30Cl2N4O2. The van der Waals surface area contributed by atoms with E-state index in [2.05, 4.69) is 15.2 Å². The van der Waals surface area contributed by atoms with Gasteiger partial charge in [-0.05, 0) is 51.3 Å². The fourth-order valence-electron chi connectivity index (χ4n) is 3.31. The third kappa shape index (κ3) is 6.48. The van der Waals surface area contributed by atoms with Crippen molar-refractivity contribution in [2.75, 3.05) is 19.6 Å². The van der Waals surface area contributed by atoms with Gasteiger partial charge in [0.25, 0.3) is 0 Å². The van der Waals surface area contributed by atoms with Crippen molar-refractivity contribution in [1.82, 2.24) is 15.2 Å². The normalized spacial score (nSPS) is 16.0. The van der Waals surface area contributed by atoms with Crippen molar-refractivity contribution in [3.63, 3.8) is 0 Å². The number of nitrogens with one attached hydrogen (secondary N) is 1. The third-order valence-corrected chi connectivity index (χ3v) is 5.14. The van der Waals surface area contributed by atoms with E-state index < -0.39 is 6.04 Å². The average Bonchev–Trinajstić information content (AvgIpc) is 2.98. The number of carbonyl (C=O) groups is 1. The van der Waals surface area contributed by atoms with Gasteiger partial charge >= 0.3 is 0 Å². The van der Waals surface area contributed by atoms with E-state index >= 15 is 0 Å². The number of carbonyl (C=O) groups excluding carboxylic acids is 1. The van der Waals surface area contributed by atoms with Crippen LogP contribution in [-0.2, 0) is 11.3 Å². The van der Waals surface area contributed by atoms with E-state index in [1.807, 2.05) is 44.2 Å². The van der Waals surface area contributed by atoms with Gasteiger partial charge < -0.3 is 15.5 Å². The predicted octanol–water partition coefficient (Wildman–Crippen LogP) is 3.16. The molecule has 1 unspecified atom stereocenters. The summed E-state index contributed by atoms with van der Waals surface area (Å²) >= 11 is 0. The number of aromatic nitrogens is 1. The molecule has 1 aliphatic heterocycles. The lowest BCUT2D eigenvalue weighted by atomic mass is 9.96. The van der Waals surface area contributed by atoms with E-state index in [9.17, 15) is 4.79 Å². The first-order chi connectivity index (χ1) is 12.5. The number of rotatable bonds is 6. The highest BCUT2D eigenvalue weighted by atomic mass is 35.5. The van der Waals surface area contributed by atoms with Crippen molar-refractivity contribution in [2.45, 2.75) is 39.3 Å². The molecule has 0 spiro atoms. The van der Waals surface area contributed by atoms with Gasteiger partial charge in [-0.2, -0.15) is 0 Å². The monoisotopic (exact) mass is 428 g/mol. The van der Waals surface area contributed by atoms with Gasteiger partial charge in [-0.1, -0.05) is 30.3 Å². The highest BCUT2D eigenvalue weighted by Crippen LogP contribution is 2.19. The van der Waals surface area contributed by atoms with Crippen LogP contribution >= 0.6 is 24.8 Å². The summed E-state index contributed by atoms with van der Waals surface area (Å²) in [6.07, 6.45) is 2.11. The Hall–Kier alpha value is -1.60. The van der Waals surface area contributed by atoms with Crippen molar-refractivity contribution in [2.24, 2.45) is 11.7 Å². The minimum Gasteiger partial charge on any atom is -0.444 e. The van der Waals surface area contributed by atoms with Gasteiger partial charge in [-0.25, -0.2) is 4.98 Å². The minimum absolute atomic E-state index is 0. The number of aryl methyl sites for hydroxylation is 2. The first-order valence-corrected chi connectivity index (χ1v) is 9.26. The molecule has 1 aromatic carbocycles. The standard InChI is InChI=1S/C20H28N4O2.2ClH/c1-14-15(2)26-18(23-14)13-24-10-8-16(9-11-24)12-22-20(25)19(21)17-6-4-3-5-7-17;;/h3-7,16,19H,8-13,21H2,1-2H3,(H,22,25);2*1H. The van der Waals surface area contributed by atoms with Crippen LogP contribution in [0.4, 0.5) is 0 Å². The number of nitrogens with zero attached hydrogens (tertiary/aromatic N) is 2. The second kappa shape index (κ2) is 11.4. The van der Waals surface area contributed by atoms with E-state index in [0.717, 1.165) is 55.4 Å². The maximum absolute atomic E-state index is 12.3. The molecule has 3 N–H and O–H groups in total. The summed E-state index contributed by atoms with van der Waals surface area (Å²) in [6.45, 7) is 7.34. The highest BCUT2D eigenvalue weighted by Gasteiger charge is 2.22. The first kappa shape index (κ1) is 24.4. The Kier molecular flexibility index (Phi) is 9.96. The lowest BCUT2D eigenvalue weighted by Crippen LogP contribution is -2.41.